The Bertz CT molecular complexity index is 1170. The van der Waals surface area contributed by atoms with Crippen molar-refractivity contribution in [3.05, 3.63) is 107 Å². The molecule has 150 valence electrons. The highest BCUT2D eigenvalue weighted by Gasteiger charge is 2.16. The van der Waals surface area contributed by atoms with E-state index in [2.05, 4.69) is 5.10 Å². The first-order chi connectivity index (χ1) is 14.5. The maximum atomic E-state index is 14.6. The molecule has 0 N–H and O–H groups in total. The van der Waals surface area contributed by atoms with Crippen LogP contribution in [0.15, 0.2) is 85.1 Å². The van der Waals surface area contributed by atoms with E-state index in [1.165, 1.54) is 10.7 Å². The number of hydrogen-bond donors (Lipinski definition) is 0. The molecule has 0 saturated carbocycles. The maximum absolute atomic E-state index is 14.6. The van der Waals surface area contributed by atoms with Crippen molar-refractivity contribution in [3.63, 3.8) is 0 Å². The Labute approximate surface area is 178 Å². The molecule has 0 amide bonds. The first-order valence-corrected chi connectivity index (χ1v) is 9.76. The number of halogens is 2. The number of carbonyl (C=O) groups is 1. The van der Waals surface area contributed by atoms with Gasteiger partial charge in [-0.25, -0.2) is 9.07 Å². The van der Waals surface area contributed by atoms with Gasteiger partial charge in [-0.3, -0.25) is 4.79 Å². The number of nitrogens with zero attached hydrogens (tertiary/aromatic N) is 2. The molecule has 3 aromatic carbocycles. The van der Waals surface area contributed by atoms with Crippen LogP contribution in [-0.4, -0.2) is 15.7 Å². The smallest absolute Gasteiger partial charge is 0.278 e. The van der Waals surface area contributed by atoms with Gasteiger partial charge in [0.05, 0.1) is 0 Å². The normalized spacial score (nSPS) is 11.8. The number of ether oxygens (including phenoxy) is 1. The summed E-state index contributed by atoms with van der Waals surface area (Å²) in [7, 11) is 0. The Hall–Kier alpha value is -3.44. The molecule has 4 nitrogen and oxygen atoms in total. The molecule has 6 heteroatoms. The zero-order valence-electron chi connectivity index (χ0n) is 16.1. The third kappa shape index (κ3) is 4.26. The molecule has 0 aliphatic carbocycles. The molecule has 4 rings (SSSR count). The second-order valence-electron chi connectivity index (χ2n) is 6.76. The van der Waals surface area contributed by atoms with Crippen LogP contribution in [0.5, 0.6) is 5.75 Å². The molecular weight excluding hydrogens is 403 g/mol. The molecule has 30 heavy (non-hydrogen) atoms. The van der Waals surface area contributed by atoms with Gasteiger partial charge in [-0.2, -0.15) is 5.10 Å². The maximum Gasteiger partial charge on any atom is 0.278 e. The van der Waals surface area contributed by atoms with Crippen LogP contribution < -0.4 is 4.74 Å². The van der Waals surface area contributed by atoms with E-state index in [1.807, 2.05) is 30.3 Å². The molecule has 1 aromatic heterocycles. The highest BCUT2D eigenvalue weighted by Crippen LogP contribution is 2.28. The summed E-state index contributed by atoms with van der Waals surface area (Å²) in [5.74, 6) is -0.254. The zero-order chi connectivity index (χ0) is 21.1. The molecule has 0 saturated heterocycles. The Balaban J connectivity index is 1.48. The molecule has 0 fully saturated rings. The van der Waals surface area contributed by atoms with Crippen LogP contribution in [0.2, 0.25) is 5.02 Å². The van der Waals surface area contributed by atoms with E-state index < -0.39 is 6.10 Å². The van der Waals surface area contributed by atoms with E-state index in [0.717, 1.165) is 5.56 Å². The van der Waals surface area contributed by atoms with Crippen molar-refractivity contribution in [3.8, 4) is 16.9 Å². The van der Waals surface area contributed by atoms with Crippen molar-refractivity contribution in [2.75, 3.05) is 0 Å². The Morgan fingerprint density at radius 1 is 1.03 bits per heavy atom. The van der Waals surface area contributed by atoms with Gasteiger partial charge in [0, 0.05) is 28.4 Å². The molecule has 0 aliphatic rings. The highest BCUT2D eigenvalue weighted by molar-refractivity contribution is 6.30. The number of benzene rings is 3. The van der Waals surface area contributed by atoms with Gasteiger partial charge in [-0.1, -0.05) is 41.9 Å². The van der Waals surface area contributed by atoms with E-state index in [0.29, 0.717) is 27.6 Å². The van der Waals surface area contributed by atoms with Crippen LogP contribution >= 0.6 is 11.6 Å². The fourth-order valence-electron chi connectivity index (χ4n) is 3.08. The van der Waals surface area contributed by atoms with Crippen molar-refractivity contribution in [1.82, 2.24) is 9.78 Å². The van der Waals surface area contributed by atoms with Crippen molar-refractivity contribution < 1.29 is 13.9 Å². The number of hydrogen-bond acceptors (Lipinski definition) is 3. The summed E-state index contributed by atoms with van der Waals surface area (Å²) in [6, 6.07) is 22.4. The van der Waals surface area contributed by atoms with E-state index in [-0.39, 0.29) is 11.7 Å². The van der Waals surface area contributed by atoms with Crippen molar-refractivity contribution in [2.24, 2.45) is 0 Å². The summed E-state index contributed by atoms with van der Waals surface area (Å²) in [5.41, 5.74) is 2.34. The van der Waals surface area contributed by atoms with Gasteiger partial charge in [-0.05, 0) is 55.0 Å². The number of aromatic nitrogens is 2. The second kappa shape index (κ2) is 8.51. The minimum Gasteiger partial charge on any atom is -0.484 e. The van der Waals surface area contributed by atoms with Crippen LogP contribution in [0.3, 0.4) is 0 Å². The fraction of sp³-hybridized carbons (Fsp3) is 0.0833. The summed E-state index contributed by atoms with van der Waals surface area (Å²) in [6.07, 6.45) is 1.11. The van der Waals surface area contributed by atoms with E-state index in [9.17, 15) is 9.18 Å². The summed E-state index contributed by atoms with van der Waals surface area (Å²) >= 11 is 5.86. The average molecular weight is 421 g/mol. The zero-order valence-corrected chi connectivity index (χ0v) is 16.9. The largest absolute Gasteiger partial charge is 0.484 e. The molecule has 1 atom stereocenters. The number of carbonyl (C=O) groups excluding carboxylic acids is 1. The lowest BCUT2D eigenvalue weighted by Crippen LogP contribution is -2.14. The molecule has 0 bridgehead atoms. The van der Waals surface area contributed by atoms with E-state index in [1.54, 1.807) is 55.6 Å². The lowest BCUT2D eigenvalue weighted by molar-refractivity contribution is 0.0943. The Morgan fingerprint density at radius 3 is 2.47 bits per heavy atom. The van der Waals surface area contributed by atoms with Gasteiger partial charge < -0.3 is 4.74 Å². The van der Waals surface area contributed by atoms with Crippen LogP contribution in [0, 0.1) is 5.82 Å². The predicted molar refractivity (Wildman–Crippen MR) is 114 cm³/mol. The first-order valence-electron chi connectivity index (χ1n) is 9.39. The van der Waals surface area contributed by atoms with Crippen LogP contribution in [-0.2, 0) is 0 Å². The van der Waals surface area contributed by atoms with E-state index in [4.69, 9.17) is 16.3 Å². The van der Waals surface area contributed by atoms with Gasteiger partial charge >= 0.3 is 0 Å². The van der Waals surface area contributed by atoms with Gasteiger partial charge in [0.25, 0.3) is 5.91 Å². The minimum absolute atomic E-state index is 0.275. The number of rotatable bonds is 5. The lowest BCUT2D eigenvalue weighted by Gasteiger charge is -2.13. The van der Waals surface area contributed by atoms with Crippen LogP contribution in [0.4, 0.5) is 4.39 Å². The topological polar surface area (TPSA) is 44.1 Å². The molecule has 4 aromatic rings. The third-order valence-corrected chi connectivity index (χ3v) is 4.92. The molecule has 0 spiro atoms. The molecule has 0 unspecified atom stereocenters. The average Bonchev–Trinajstić information content (AvgIpc) is 3.25. The SMILES string of the molecule is C[C@@H](Oc1ccc(-c2ccccc2)c(F)c1)c1ccn(C(=O)c2ccc(Cl)cc2)n1. The van der Waals surface area contributed by atoms with Crippen molar-refractivity contribution in [1.29, 1.82) is 0 Å². The van der Waals surface area contributed by atoms with Gasteiger partial charge in [0.2, 0.25) is 0 Å². The summed E-state index contributed by atoms with van der Waals surface area (Å²) < 4.78 is 21.7. The summed E-state index contributed by atoms with van der Waals surface area (Å²) in [4.78, 5) is 12.5. The predicted octanol–water partition coefficient (Wildman–Crippen LogP) is 6.17. The van der Waals surface area contributed by atoms with Gasteiger partial charge in [0.15, 0.2) is 0 Å². The lowest BCUT2D eigenvalue weighted by atomic mass is 10.1. The van der Waals surface area contributed by atoms with Crippen LogP contribution in [0.25, 0.3) is 11.1 Å². The Morgan fingerprint density at radius 2 is 1.77 bits per heavy atom. The van der Waals surface area contributed by atoms with Crippen molar-refractivity contribution >= 4 is 17.5 Å². The standard InChI is InChI=1S/C24H18ClFN2O2/c1-16(23-13-14-28(27-23)24(29)18-7-9-19(25)10-8-18)30-20-11-12-21(22(26)15-20)17-5-3-2-4-6-17/h2-16H,1H3/t16-/m1/s1. The van der Waals surface area contributed by atoms with Crippen molar-refractivity contribution in [2.45, 2.75) is 13.0 Å². The van der Waals surface area contributed by atoms with E-state index >= 15 is 0 Å². The van der Waals surface area contributed by atoms with Crippen LogP contribution in [0.1, 0.15) is 29.1 Å². The Kier molecular flexibility index (Phi) is 5.63. The second-order valence-corrected chi connectivity index (χ2v) is 7.20. The minimum atomic E-state index is -0.466. The first kappa shape index (κ1) is 19.9. The quantitative estimate of drug-likeness (QED) is 0.387. The highest BCUT2D eigenvalue weighted by atomic mass is 35.5. The summed E-state index contributed by atoms with van der Waals surface area (Å²) in [6.45, 7) is 1.79. The monoisotopic (exact) mass is 420 g/mol. The third-order valence-electron chi connectivity index (χ3n) is 4.66. The molecule has 1 heterocycles. The molecule has 0 radical (unpaired) electrons. The van der Waals surface area contributed by atoms with Gasteiger partial charge in [-0.15, -0.1) is 0 Å². The van der Waals surface area contributed by atoms with Gasteiger partial charge in [0.1, 0.15) is 23.4 Å². The molecule has 0 aliphatic heterocycles. The fourth-order valence-corrected chi connectivity index (χ4v) is 3.20. The summed E-state index contributed by atoms with van der Waals surface area (Å²) in [5, 5.41) is 4.86. The molecular formula is C24H18ClFN2O2.